The number of hydrogen-bond donors (Lipinski definition) is 0. The zero-order valence-corrected chi connectivity index (χ0v) is 12.4. The van der Waals surface area contributed by atoms with Gasteiger partial charge in [-0.25, -0.2) is 4.79 Å². The number of benzene rings is 1. The van der Waals surface area contributed by atoms with Gasteiger partial charge in [0, 0.05) is 0 Å². The van der Waals surface area contributed by atoms with Crippen LogP contribution in [0.1, 0.15) is 26.3 Å². The molecule has 0 bridgehead atoms. The van der Waals surface area contributed by atoms with E-state index in [0.29, 0.717) is 11.4 Å². The Kier molecular flexibility index (Phi) is 3.46. The van der Waals surface area contributed by atoms with Gasteiger partial charge in [0.05, 0.1) is 12.8 Å². The van der Waals surface area contributed by atoms with Gasteiger partial charge in [-0.05, 0) is 45.4 Å². The van der Waals surface area contributed by atoms with E-state index >= 15 is 0 Å². The van der Waals surface area contributed by atoms with Crippen molar-refractivity contribution in [2.75, 3.05) is 12.0 Å². The fraction of sp³-hybridized carbons (Fsp3) is 0.467. The summed E-state index contributed by atoms with van der Waals surface area (Å²) in [5.41, 5.74) is 0.582. The van der Waals surface area contributed by atoms with Crippen molar-refractivity contribution in [1.82, 2.24) is 0 Å². The van der Waals surface area contributed by atoms with Gasteiger partial charge in [-0.15, -0.1) is 0 Å². The predicted molar refractivity (Wildman–Crippen MR) is 74.9 cm³/mol. The number of rotatable bonds is 2. The molecular weight excluding hydrogens is 258 g/mol. The highest BCUT2D eigenvalue weighted by molar-refractivity contribution is 6.06. The van der Waals surface area contributed by atoms with Crippen molar-refractivity contribution in [3.8, 4) is 5.75 Å². The number of carbonyl (C=O) groups excluding carboxylic acids is 2. The van der Waals surface area contributed by atoms with Crippen molar-refractivity contribution in [3.05, 3.63) is 23.8 Å². The largest absolute Gasteiger partial charge is 0.476 e. The SMILES string of the molecule is COC(=O)C(C)N1C(=O)C(C)(C)Oc2ccc(C)cc21. The standard InChI is InChI=1S/C15H19NO4/c1-9-6-7-12-11(8-9)16(10(2)13(17)19-5)14(18)15(3,4)20-12/h6-8,10H,1-5H3. The monoisotopic (exact) mass is 277 g/mol. The van der Waals surface area contributed by atoms with E-state index < -0.39 is 17.6 Å². The second-order valence-corrected chi connectivity index (χ2v) is 5.46. The Bertz CT molecular complexity index is 565. The van der Waals surface area contributed by atoms with Gasteiger partial charge < -0.3 is 9.47 Å². The molecule has 0 spiro atoms. The van der Waals surface area contributed by atoms with E-state index in [9.17, 15) is 9.59 Å². The zero-order chi connectivity index (χ0) is 15.1. The van der Waals surface area contributed by atoms with Gasteiger partial charge in [0.2, 0.25) is 0 Å². The first kappa shape index (κ1) is 14.4. The normalized spacial score (nSPS) is 18.1. The molecule has 5 heteroatoms. The van der Waals surface area contributed by atoms with Crippen LogP contribution in [-0.4, -0.2) is 30.6 Å². The number of nitrogens with zero attached hydrogens (tertiary/aromatic N) is 1. The number of carbonyl (C=O) groups is 2. The lowest BCUT2D eigenvalue weighted by Crippen LogP contribution is -2.57. The molecule has 2 rings (SSSR count). The Morgan fingerprint density at radius 3 is 2.65 bits per heavy atom. The molecular formula is C15H19NO4. The van der Waals surface area contributed by atoms with Crippen molar-refractivity contribution < 1.29 is 19.1 Å². The first-order valence-electron chi connectivity index (χ1n) is 6.49. The Morgan fingerprint density at radius 2 is 2.05 bits per heavy atom. The molecule has 1 aromatic rings. The van der Waals surface area contributed by atoms with Gasteiger partial charge in [-0.3, -0.25) is 9.69 Å². The maximum Gasteiger partial charge on any atom is 0.328 e. The van der Waals surface area contributed by atoms with E-state index in [1.165, 1.54) is 12.0 Å². The summed E-state index contributed by atoms with van der Waals surface area (Å²) in [5.74, 6) is -0.118. The Balaban J connectivity index is 2.56. The van der Waals surface area contributed by atoms with Crippen molar-refractivity contribution >= 4 is 17.6 Å². The van der Waals surface area contributed by atoms with Crippen molar-refractivity contribution in [2.45, 2.75) is 39.3 Å². The molecule has 0 radical (unpaired) electrons. The predicted octanol–water partition coefficient (Wildman–Crippen LogP) is 2.06. The fourth-order valence-electron chi connectivity index (χ4n) is 2.28. The molecule has 1 aromatic carbocycles. The first-order chi connectivity index (χ1) is 9.27. The maximum atomic E-state index is 12.6. The number of aryl methyl sites for hydroxylation is 1. The molecule has 1 aliphatic heterocycles. The highest BCUT2D eigenvalue weighted by Crippen LogP contribution is 2.39. The lowest BCUT2D eigenvalue weighted by Gasteiger charge is -2.40. The fourth-order valence-corrected chi connectivity index (χ4v) is 2.28. The number of methoxy groups -OCH3 is 1. The first-order valence-corrected chi connectivity index (χ1v) is 6.49. The summed E-state index contributed by atoms with van der Waals surface area (Å²) in [6.07, 6.45) is 0. The third-order valence-electron chi connectivity index (χ3n) is 3.40. The lowest BCUT2D eigenvalue weighted by atomic mass is 10.0. The summed E-state index contributed by atoms with van der Waals surface area (Å²) < 4.78 is 10.5. The summed E-state index contributed by atoms with van der Waals surface area (Å²) in [6.45, 7) is 6.95. The topological polar surface area (TPSA) is 55.8 Å². The molecule has 5 nitrogen and oxygen atoms in total. The number of ether oxygens (including phenoxy) is 2. The van der Waals surface area contributed by atoms with Crippen molar-refractivity contribution in [3.63, 3.8) is 0 Å². The molecule has 108 valence electrons. The zero-order valence-electron chi connectivity index (χ0n) is 12.4. The van der Waals surface area contributed by atoms with Gasteiger partial charge in [-0.1, -0.05) is 6.07 Å². The second kappa shape index (κ2) is 4.81. The van der Waals surface area contributed by atoms with Gasteiger partial charge >= 0.3 is 5.97 Å². The van der Waals surface area contributed by atoms with Crippen LogP contribution in [0.3, 0.4) is 0 Å². The van der Waals surface area contributed by atoms with Crippen LogP contribution >= 0.6 is 0 Å². The van der Waals surface area contributed by atoms with Crippen LogP contribution in [0.2, 0.25) is 0 Å². The molecule has 1 aliphatic rings. The third kappa shape index (κ3) is 2.24. The maximum absolute atomic E-state index is 12.6. The third-order valence-corrected chi connectivity index (χ3v) is 3.40. The summed E-state index contributed by atoms with van der Waals surface area (Å²) in [4.78, 5) is 25.8. The molecule has 0 fully saturated rings. The van der Waals surface area contributed by atoms with Crippen LogP contribution in [-0.2, 0) is 14.3 Å². The van der Waals surface area contributed by atoms with Crippen molar-refractivity contribution in [2.24, 2.45) is 0 Å². The molecule has 0 aromatic heterocycles. The molecule has 0 aliphatic carbocycles. The van der Waals surface area contributed by atoms with E-state index in [0.717, 1.165) is 5.56 Å². The number of anilines is 1. The summed E-state index contributed by atoms with van der Waals surface area (Å²) in [7, 11) is 1.31. The quantitative estimate of drug-likeness (QED) is 0.776. The van der Waals surface area contributed by atoms with E-state index in [4.69, 9.17) is 9.47 Å². The van der Waals surface area contributed by atoms with Crippen LogP contribution in [0.15, 0.2) is 18.2 Å². The van der Waals surface area contributed by atoms with Crippen LogP contribution in [0, 0.1) is 6.92 Å². The molecule has 0 N–H and O–H groups in total. The van der Waals surface area contributed by atoms with Crippen LogP contribution < -0.4 is 9.64 Å². The summed E-state index contributed by atoms with van der Waals surface area (Å²) in [5, 5.41) is 0. The average Bonchev–Trinajstić information content (AvgIpc) is 2.39. The lowest BCUT2D eigenvalue weighted by molar-refractivity contribution is -0.145. The highest BCUT2D eigenvalue weighted by atomic mass is 16.5. The molecule has 20 heavy (non-hydrogen) atoms. The Hall–Kier alpha value is -2.04. The molecule has 0 saturated carbocycles. The number of esters is 1. The van der Waals surface area contributed by atoms with Crippen molar-refractivity contribution in [1.29, 1.82) is 0 Å². The average molecular weight is 277 g/mol. The molecule has 0 saturated heterocycles. The van der Waals surface area contributed by atoms with Gasteiger partial charge in [-0.2, -0.15) is 0 Å². The van der Waals surface area contributed by atoms with E-state index in [2.05, 4.69) is 0 Å². The van der Waals surface area contributed by atoms with Gasteiger partial charge in [0.15, 0.2) is 5.60 Å². The minimum Gasteiger partial charge on any atom is -0.476 e. The second-order valence-electron chi connectivity index (χ2n) is 5.46. The van der Waals surface area contributed by atoms with E-state index in [1.807, 2.05) is 25.1 Å². The molecule has 1 amide bonds. The summed E-state index contributed by atoms with van der Waals surface area (Å²) >= 11 is 0. The number of fused-ring (bicyclic) bond motifs is 1. The highest BCUT2D eigenvalue weighted by Gasteiger charge is 2.44. The Morgan fingerprint density at radius 1 is 1.40 bits per heavy atom. The number of amides is 1. The van der Waals surface area contributed by atoms with E-state index in [-0.39, 0.29) is 5.91 Å². The summed E-state index contributed by atoms with van der Waals surface area (Å²) in [6, 6.07) is 4.86. The van der Waals surface area contributed by atoms with E-state index in [1.54, 1.807) is 20.8 Å². The van der Waals surface area contributed by atoms with Gasteiger partial charge in [0.25, 0.3) is 5.91 Å². The number of hydrogen-bond acceptors (Lipinski definition) is 4. The van der Waals surface area contributed by atoms with Gasteiger partial charge in [0.1, 0.15) is 11.8 Å². The smallest absolute Gasteiger partial charge is 0.328 e. The minimum atomic E-state index is -1.01. The Labute approximate surface area is 118 Å². The van der Waals surface area contributed by atoms with Crippen LogP contribution in [0.4, 0.5) is 5.69 Å². The van der Waals surface area contributed by atoms with Crippen LogP contribution in [0.25, 0.3) is 0 Å². The van der Waals surface area contributed by atoms with Crippen LogP contribution in [0.5, 0.6) is 5.75 Å². The molecule has 1 unspecified atom stereocenters. The minimum absolute atomic E-state index is 0.256. The molecule has 1 heterocycles. The molecule has 1 atom stereocenters.